The van der Waals surface area contributed by atoms with Crippen LogP contribution in [0.15, 0.2) is 29.3 Å². The molecule has 0 aliphatic rings. The average Bonchev–Trinajstić information content (AvgIpc) is 2.49. The van der Waals surface area contributed by atoms with Gasteiger partial charge in [0.05, 0.1) is 13.1 Å². The first-order valence-corrected chi connectivity index (χ1v) is 9.14. The first-order chi connectivity index (χ1) is 12.1. The summed E-state index contributed by atoms with van der Waals surface area (Å²) in [5.41, 5.74) is 0.917. The average molecular weight is 363 g/mol. The molecule has 6 nitrogen and oxygen atoms in total. The molecule has 1 unspecified atom stereocenters. The summed E-state index contributed by atoms with van der Waals surface area (Å²) < 4.78 is 5.92. The Balaban J connectivity index is 2.64. The van der Waals surface area contributed by atoms with Crippen LogP contribution in [-0.2, 0) is 4.79 Å². The Labute approximate surface area is 158 Å². The topological polar surface area (TPSA) is 66.0 Å². The molecule has 0 fully saturated rings. The van der Waals surface area contributed by atoms with Crippen molar-refractivity contribution in [2.45, 2.75) is 53.2 Å². The molecule has 0 radical (unpaired) electrons. The van der Waals surface area contributed by atoms with Crippen LogP contribution in [0.2, 0.25) is 0 Å². The second-order valence-corrected chi connectivity index (χ2v) is 7.59. The van der Waals surface area contributed by atoms with E-state index in [0.29, 0.717) is 12.5 Å². The predicted molar refractivity (Wildman–Crippen MR) is 108 cm³/mol. The summed E-state index contributed by atoms with van der Waals surface area (Å²) in [6.45, 7) is 13.4. The lowest BCUT2D eigenvalue weighted by Crippen LogP contribution is -2.49. The molecule has 1 atom stereocenters. The van der Waals surface area contributed by atoms with Crippen molar-refractivity contribution in [3.63, 3.8) is 0 Å². The fraction of sp³-hybridized carbons (Fsp3) is 0.600. The van der Waals surface area contributed by atoms with Crippen LogP contribution in [0.25, 0.3) is 0 Å². The van der Waals surface area contributed by atoms with E-state index < -0.39 is 0 Å². The van der Waals surface area contributed by atoms with Crippen LogP contribution >= 0.6 is 0 Å². The molecular formula is C20H34N4O2. The monoisotopic (exact) mass is 362 g/mol. The van der Waals surface area contributed by atoms with Crippen molar-refractivity contribution in [3.8, 4) is 5.75 Å². The van der Waals surface area contributed by atoms with Crippen molar-refractivity contribution in [2.24, 2.45) is 4.99 Å². The largest absolute Gasteiger partial charge is 0.489 e. The molecular weight excluding hydrogens is 328 g/mol. The minimum absolute atomic E-state index is 0.0327. The van der Waals surface area contributed by atoms with Gasteiger partial charge < -0.3 is 20.3 Å². The van der Waals surface area contributed by atoms with Gasteiger partial charge in [0, 0.05) is 19.1 Å². The lowest BCUT2D eigenvalue weighted by Gasteiger charge is -2.25. The predicted octanol–water partition coefficient (Wildman–Crippen LogP) is 2.57. The molecule has 0 heterocycles. The standard InChI is InChI=1S/C20H34N4O2/c1-8-21-19(24(7)14-18(25)23-20(4,5)6)22-13-16(3)26-17-11-9-10-15(2)12-17/h9-12,16H,8,13-14H2,1-7H3,(H,21,22)(H,23,25). The number of amides is 1. The van der Waals surface area contributed by atoms with Crippen molar-refractivity contribution >= 4 is 11.9 Å². The third-order valence-electron chi connectivity index (χ3n) is 3.42. The highest BCUT2D eigenvalue weighted by Gasteiger charge is 2.17. The van der Waals surface area contributed by atoms with E-state index in [-0.39, 0.29) is 24.1 Å². The number of likely N-dealkylation sites (N-methyl/N-ethyl adjacent to an activating group) is 1. The summed E-state index contributed by atoms with van der Waals surface area (Å²) in [6, 6.07) is 7.97. The van der Waals surface area contributed by atoms with E-state index in [2.05, 4.69) is 15.6 Å². The molecule has 1 aromatic rings. The number of benzene rings is 1. The van der Waals surface area contributed by atoms with E-state index in [1.165, 1.54) is 0 Å². The highest BCUT2D eigenvalue weighted by atomic mass is 16.5. The van der Waals surface area contributed by atoms with Crippen LogP contribution in [0.3, 0.4) is 0 Å². The molecule has 1 aromatic carbocycles. The third-order valence-corrected chi connectivity index (χ3v) is 3.42. The summed E-state index contributed by atoms with van der Waals surface area (Å²) in [5.74, 6) is 1.50. The Morgan fingerprint density at radius 2 is 2.04 bits per heavy atom. The maximum atomic E-state index is 12.1. The molecule has 2 N–H and O–H groups in total. The van der Waals surface area contributed by atoms with E-state index >= 15 is 0 Å². The van der Waals surface area contributed by atoms with Crippen molar-refractivity contribution in [2.75, 3.05) is 26.7 Å². The first kappa shape index (κ1) is 21.8. The number of aryl methyl sites for hydroxylation is 1. The zero-order valence-corrected chi connectivity index (χ0v) is 17.2. The fourth-order valence-electron chi connectivity index (χ4n) is 2.39. The van der Waals surface area contributed by atoms with Gasteiger partial charge >= 0.3 is 0 Å². The number of aliphatic imine (C=N–C) groups is 1. The number of hydrogen-bond donors (Lipinski definition) is 2. The van der Waals surface area contributed by atoms with E-state index in [4.69, 9.17) is 4.74 Å². The molecule has 0 aliphatic heterocycles. The maximum Gasteiger partial charge on any atom is 0.240 e. The zero-order valence-electron chi connectivity index (χ0n) is 17.2. The lowest BCUT2D eigenvalue weighted by molar-refractivity contribution is -0.122. The van der Waals surface area contributed by atoms with Crippen LogP contribution < -0.4 is 15.4 Å². The Kier molecular flexibility index (Phi) is 8.42. The van der Waals surface area contributed by atoms with Crippen molar-refractivity contribution in [1.82, 2.24) is 15.5 Å². The molecule has 0 saturated carbocycles. The van der Waals surface area contributed by atoms with Crippen molar-refractivity contribution in [1.29, 1.82) is 0 Å². The molecule has 0 spiro atoms. The molecule has 146 valence electrons. The maximum absolute atomic E-state index is 12.1. The number of rotatable bonds is 7. The van der Waals surface area contributed by atoms with Gasteiger partial charge in [0.2, 0.25) is 5.91 Å². The Hall–Kier alpha value is -2.24. The third kappa shape index (κ3) is 8.74. The molecule has 0 saturated heterocycles. The van der Waals surface area contributed by atoms with Crippen molar-refractivity contribution in [3.05, 3.63) is 29.8 Å². The van der Waals surface area contributed by atoms with Gasteiger partial charge in [0.25, 0.3) is 0 Å². The summed E-state index contributed by atoms with van der Waals surface area (Å²) in [6.07, 6.45) is -0.0674. The van der Waals surface area contributed by atoms with Crippen molar-refractivity contribution < 1.29 is 9.53 Å². The summed E-state index contributed by atoms with van der Waals surface area (Å²) in [4.78, 5) is 18.6. The van der Waals surface area contributed by atoms with E-state index in [9.17, 15) is 4.79 Å². The van der Waals surface area contributed by atoms with Crippen LogP contribution in [0.1, 0.15) is 40.2 Å². The van der Waals surface area contributed by atoms with Gasteiger partial charge in [-0.2, -0.15) is 0 Å². The Morgan fingerprint density at radius 3 is 2.62 bits per heavy atom. The van der Waals surface area contributed by atoms with Gasteiger partial charge in [-0.3, -0.25) is 4.79 Å². The van der Waals surface area contributed by atoms with Gasteiger partial charge in [-0.05, 0) is 59.2 Å². The SMILES string of the molecule is CCNC(=NCC(C)Oc1cccc(C)c1)N(C)CC(=O)NC(C)(C)C. The highest BCUT2D eigenvalue weighted by molar-refractivity contribution is 5.86. The smallest absolute Gasteiger partial charge is 0.240 e. The van der Waals surface area contributed by atoms with E-state index in [1.54, 1.807) is 0 Å². The number of hydrogen-bond acceptors (Lipinski definition) is 3. The molecule has 1 amide bonds. The molecule has 6 heteroatoms. The first-order valence-electron chi connectivity index (χ1n) is 9.14. The fourth-order valence-corrected chi connectivity index (χ4v) is 2.39. The molecule has 0 aliphatic carbocycles. The molecule has 0 aromatic heterocycles. The van der Waals surface area contributed by atoms with Gasteiger partial charge in [-0.15, -0.1) is 0 Å². The quantitative estimate of drug-likeness (QED) is 0.578. The lowest BCUT2D eigenvalue weighted by atomic mass is 10.1. The second kappa shape index (κ2) is 10.0. The van der Waals surface area contributed by atoms with Gasteiger partial charge in [-0.1, -0.05) is 12.1 Å². The van der Waals surface area contributed by atoms with Gasteiger partial charge in [-0.25, -0.2) is 4.99 Å². The van der Waals surface area contributed by atoms with Crippen LogP contribution in [0.5, 0.6) is 5.75 Å². The zero-order chi connectivity index (χ0) is 19.7. The Morgan fingerprint density at radius 1 is 1.35 bits per heavy atom. The highest BCUT2D eigenvalue weighted by Crippen LogP contribution is 2.14. The summed E-state index contributed by atoms with van der Waals surface area (Å²) in [5, 5.41) is 6.18. The minimum Gasteiger partial charge on any atom is -0.489 e. The number of ether oxygens (including phenoxy) is 1. The molecule has 26 heavy (non-hydrogen) atoms. The minimum atomic E-state index is -0.246. The van der Waals surface area contributed by atoms with Crippen LogP contribution in [-0.4, -0.2) is 55.1 Å². The van der Waals surface area contributed by atoms with Gasteiger partial charge in [0.15, 0.2) is 5.96 Å². The van der Waals surface area contributed by atoms with Gasteiger partial charge in [0.1, 0.15) is 11.9 Å². The van der Waals surface area contributed by atoms with Crippen LogP contribution in [0.4, 0.5) is 0 Å². The molecule has 0 bridgehead atoms. The second-order valence-electron chi connectivity index (χ2n) is 7.59. The number of guanidine groups is 1. The number of nitrogens with one attached hydrogen (secondary N) is 2. The number of carbonyl (C=O) groups excluding carboxylic acids is 1. The molecule has 1 rings (SSSR count). The van der Waals surface area contributed by atoms with E-state index in [1.807, 2.05) is 77.8 Å². The van der Waals surface area contributed by atoms with Crippen LogP contribution in [0, 0.1) is 6.92 Å². The van der Waals surface area contributed by atoms with E-state index in [0.717, 1.165) is 17.9 Å². The summed E-state index contributed by atoms with van der Waals surface area (Å²) in [7, 11) is 1.86. The Bertz CT molecular complexity index is 608. The number of carbonyl (C=O) groups is 1. The number of nitrogens with zero attached hydrogens (tertiary/aromatic N) is 2. The summed E-state index contributed by atoms with van der Waals surface area (Å²) >= 11 is 0. The normalized spacial score (nSPS) is 13.1.